The van der Waals surface area contributed by atoms with E-state index < -0.39 is 11.7 Å². The lowest BCUT2D eigenvalue weighted by molar-refractivity contribution is 0.0535. The molecule has 1 aromatic carbocycles. The zero-order valence-corrected chi connectivity index (χ0v) is 17.7. The second-order valence-corrected chi connectivity index (χ2v) is 8.92. The Morgan fingerprint density at radius 1 is 1.28 bits per heavy atom. The van der Waals surface area contributed by atoms with Crippen LogP contribution in [0.3, 0.4) is 0 Å². The Morgan fingerprint density at radius 2 is 1.97 bits per heavy atom. The number of carbonyl (C=O) groups excluding carboxylic acids is 1. The second kappa shape index (κ2) is 8.39. The van der Waals surface area contributed by atoms with Crippen LogP contribution in [0.1, 0.15) is 52.2 Å². The number of hydrogen-bond donors (Lipinski definition) is 0. The zero-order chi connectivity index (χ0) is 21.2. The fourth-order valence-electron chi connectivity index (χ4n) is 3.42. The van der Waals surface area contributed by atoms with E-state index in [1.807, 2.05) is 26.8 Å². The molecule has 1 aliphatic heterocycles. The van der Waals surface area contributed by atoms with Gasteiger partial charge >= 0.3 is 6.09 Å². The largest absolute Gasteiger partial charge is 0.474 e. The monoisotopic (exact) mass is 400 g/mol. The van der Waals surface area contributed by atoms with E-state index in [4.69, 9.17) is 9.47 Å². The first-order chi connectivity index (χ1) is 13.6. The number of nitrogens with zero attached hydrogens (tertiary/aromatic N) is 2. The number of halogens is 1. The summed E-state index contributed by atoms with van der Waals surface area (Å²) in [4.78, 5) is 19.2. The molecule has 29 heavy (non-hydrogen) atoms. The van der Waals surface area contributed by atoms with Crippen molar-refractivity contribution in [2.45, 2.75) is 59.1 Å². The van der Waals surface area contributed by atoms with Crippen molar-refractivity contribution in [3.05, 3.63) is 53.5 Å². The SMILES string of the molecule is CC(C)C[C@H]1COc2ncc(Cc3ccc(F)cc3)cc2N1C(=O)OC(C)(C)C. The predicted molar refractivity (Wildman–Crippen MR) is 111 cm³/mol. The van der Waals surface area contributed by atoms with Gasteiger partial charge in [-0.1, -0.05) is 26.0 Å². The van der Waals surface area contributed by atoms with Gasteiger partial charge < -0.3 is 9.47 Å². The molecule has 2 aromatic rings. The maximum Gasteiger partial charge on any atom is 0.415 e. The van der Waals surface area contributed by atoms with Crippen molar-refractivity contribution in [3.63, 3.8) is 0 Å². The molecule has 1 atom stereocenters. The summed E-state index contributed by atoms with van der Waals surface area (Å²) in [6, 6.07) is 8.17. The lowest BCUT2D eigenvalue weighted by atomic mass is 10.0. The van der Waals surface area contributed by atoms with Crippen LogP contribution in [0, 0.1) is 11.7 Å². The molecule has 156 valence electrons. The number of anilines is 1. The number of aromatic nitrogens is 1. The lowest BCUT2D eigenvalue weighted by Crippen LogP contribution is -2.49. The molecule has 0 radical (unpaired) electrons. The van der Waals surface area contributed by atoms with Gasteiger partial charge in [-0.25, -0.2) is 14.2 Å². The van der Waals surface area contributed by atoms with Gasteiger partial charge in [-0.05, 0) is 68.9 Å². The summed E-state index contributed by atoms with van der Waals surface area (Å²) in [5.41, 5.74) is 1.90. The standard InChI is InChI=1S/C23H29FN2O3/c1-15(2)10-19-14-28-21-20(26(19)22(27)29-23(3,4)5)12-17(13-25-21)11-16-6-8-18(24)9-7-16/h6-9,12-13,15,19H,10-11,14H2,1-5H3/t19-/m0/s1. The van der Waals surface area contributed by atoms with E-state index in [1.54, 1.807) is 23.2 Å². The van der Waals surface area contributed by atoms with Gasteiger partial charge in [0.2, 0.25) is 5.88 Å². The highest BCUT2D eigenvalue weighted by Crippen LogP contribution is 2.36. The first-order valence-corrected chi connectivity index (χ1v) is 10.0. The highest BCUT2D eigenvalue weighted by atomic mass is 19.1. The molecule has 0 unspecified atom stereocenters. The minimum absolute atomic E-state index is 0.125. The molecule has 2 heterocycles. The van der Waals surface area contributed by atoms with Crippen molar-refractivity contribution in [3.8, 4) is 5.88 Å². The Labute approximate surface area is 171 Å². The third kappa shape index (κ3) is 5.46. The Kier molecular flexibility index (Phi) is 6.10. The van der Waals surface area contributed by atoms with Crippen LogP contribution in [-0.4, -0.2) is 29.3 Å². The van der Waals surface area contributed by atoms with Crippen LogP contribution in [0.4, 0.5) is 14.9 Å². The molecular weight excluding hydrogens is 371 g/mol. The van der Waals surface area contributed by atoms with Gasteiger partial charge in [0.25, 0.3) is 0 Å². The first-order valence-electron chi connectivity index (χ1n) is 10.0. The molecule has 6 heteroatoms. The number of rotatable bonds is 4. The summed E-state index contributed by atoms with van der Waals surface area (Å²) in [5, 5.41) is 0. The Bertz CT molecular complexity index is 859. The second-order valence-electron chi connectivity index (χ2n) is 8.92. The van der Waals surface area contributed by atoms with E-state index in [1.165, 1.54) is 12.1 Å². The van der Waals surface area contributed by atoms with Gasteiger partial charge in [0.05, 0.1) is 6.04 Å². The van der Waals surface area contributed by atoms with Gasteiger partial charge in [0.1, 0.15) is 23.7 Å². The molecule has 3 rings (SSSR count). The molecule has 0 spiro atoms. The molecule has 0 fully saturated rings. The van der Waals surface area contributed by atoms with Gasteiger partial charge in [-0.3, -0.25) is 4.90 Å². The molecule has 1 aromatic heterocycles. The van der Waals surface area contributed by atoms with Crippen molar-refractivity contribution in [1.82, 2.24) is 4.98 Å². The van der Waals surface area contributed by atoms with Gasteiger partial charge in [0, 0.05) is 6.20 Å². The van der Waals surface area contributed by atoms with Crippen molar-refractivity contribution in [2.75, 3.05) is 11.5 Å². The quantitative estimate of drug-likeness (QED) is 0.693. The van der Waals surface area contributed by atoms with E-state index in [-0.39, 0.29) is 11.9 Å². The Morgan fingerprint density at radius 3 is 2.59 bits per heavy atom. The maximum atomic E-state index is 13.2. The third-order valence-corrected chi connectivity index (χ3v) is 4.58. The van der Waals surface area contributed by atoms with Crippen LogP contribution in [0.25, 0.3) is 0 Å². The summed E-state index contributed by atoms with van der Waals surface area (Å²) in [7, 11) is 0. The summed E-state index contributed by atoms with van der Waals surface area (Å²) in [5.74, 6) is 0.558. The van der Waals surface area contributed by atoms with Crippen LogP contribution < -0.4 is 9.64 Å². The zero-order valence-electron chi connectivity index (χ0n) is 17.7. The van der Waals surface area contributed by atoms with E-state index in [0.717, 1.165) is 17.5 Å². The number of ether oxygens (including phenoxy) is 2. The van der Waals surface area contributed by atoms with E-state index in [2.05, 4.69) is 18.8 Å². The molecule has 0 aliphatic carbocycles. The highest BCUT2D eigenvalue weighted by molar-refractivity contribution is 5.90. The van der Waals surface area contributed by atoms with Crippen LogP contribution in [-0.2, 0) is 11.2 Å². The molecule has 0 N–H and O–H groups in total. The van der Waals surface area contributed by atoms with Crippen LogP contribution in [0.15, 0.2) is 36.5 Å². The average Bonchev–Trinajstić information content (AvgIpc) is 2.61. The molecule has 0 saturated heterocycles. The average molecular weight is 400 g/mol. The first kappa shape index (κ1) is 21.1. The van der Waals surface area contributed by atoms with E-state index in [0.29, 0.717) is 30.5 Å². The number of hydrogen-bond acceptors (Lipinski definition) is 4. The topological polar surface area (TPSA) is 51.7 Å². The van der Waals surface area contributed by atoms with Crippen LogP contribution >= 0.6 is 0 Å². The van der Waals surface area contributed by atoms with E-state index in [9.17, 15) is 9.18 Å². The number of pyridine rings is 1. The van der Waals surface area contributed by atoms with Gasteiger partial charge in [-0.2, -0.15) is 0 Å². The number of carbonyl (C=O) groups is 1. The fraction of sp³-hybridized carbons (Fsp3) is 0.478. The smallest absolute Gasteiger partial charge is 0.415 e. The highest BCUT2D eigenvalue weighted by Gasteiger charge is 2.36. The Balaban J connectivity index is 1.93. The molecule has 1 amide bonds. The van der Waals surface area contributed by atoms with Crippen molar-refractivity contribution < 1.29 is 18.7 Å². The maximum absolute atomic E-state index is 13.2. The summed E-state index contributed by atoms with van der Waals surface area (Å²) >= 11 is 0. The predicted octanol–water partition coefficient (Wildman–Crippen LogP) is 5.36. The van der Waals surface area contributed by atoms with Crippen molar-refractivity contribution in [2.24, 2.45) is 5.92 Å². The molecule has 1 aliphatic rings. The molecule has 0 bridgehead atoms. The van der Waals surface area contributed by atoms with Crippen LogP contribution in [0.5, 0.6) is 5.88 Å². The normalized spacial score (nSPS) is 16.4. The van der Waals surface area contributed by atoms with Crippen LogP contribution in [0.2, 0.25) is 0 Å². The van der Waals surface area contributed by atoms with Crippen molar-refractivity contribution in [1.29, 1.82) is 0 Å². The third-order valence-electron chi connectivity index (χ3n) is 4.58. The molecule has 5 nitrogen and oxygen atoms in total. The number of fused-ring (bicyclic) bond motifs is 1. The minimum atomic E-state index is -0.600. The Hall–Kier alpha value is -2.63. The molecular formula is C23H29FN2O3. The molecule has 0 saturated carbocycles. The fourth-order valence-corrected chi connectivity index (χ4v) is 3.42. The van der Waals surface area contributed by atoms with Gasteiger partial charge in [0.15, 0.2) is 0 Å². The van der Waals surface area contributed by atoms with Crippen molar-refractivity contribution >= 4 is 11.8 Å². The number of amides is 1. The summed E-state index contributed by atoms with van der Waals surface area (Å²) < 4.78 is 24.7. The van der Waals surface area contributed by atoms with E-state index >= 15 is 0 Å². The minimum Gasteiger partial charge on any atom is -0.474 e. The lowest BCUT2D eigenvalue weighted by Gasteiger charge is -2.38. The number of benzene rings is 1. The van der Waals surface area contributed by atoms with Gasteiger partial charge in [-0.15, -0.1) is 0 Å². The summed E-state index contributed by atoms with van der Waals surface area (Å²) in [6.07, 6.45) is 2.71. The summed E-state index contributed by atoms with van der Waals surface area (Å²) in [6.45, 7) is 10.2.